The average Bonchev–Trinajstić information content (AvgIpc) is 3.12. The van der Waals surface area contributed by atoms with Crippen LogP contribution in [-0.2, 0) is 6.42 Å². The van der Waals surface area contributed by atoms with Crippen LogP contribution in [0.3, 0.4) is 0 Å². The van der Waals surface area contributed by atoms with Crippen molar-refractivity contribution in [3.8, 4) is 0 Å². The number of unbranched alkanes of at least 4 members (excludes halogenated alkanes) is 1. The van der Waals surface area contributed by atoms with Gasteiger partial charge in [-0.1, -0.05) is 24.7 Å². The van der Waals surface area contributed by atoms with Crippen molar-refractivity contribution in [1.82, 2.24) is 18.9 Å². The van der Waals surface area contributed by atoms with E-state index in [4.69, 9.17) is 0 Å². The van der Waals surface area contributed by atoms with Gasteiger partial charge in [0.05, 0.1) is 11.7 Å². The minimum atomic E-state index is -0.205. The first-order chi connectivity index (χ1) is 10.3. The number of rotatable bonds is 5. The number of carbonyl (C=O) groups is 1. The van der Waals surface area contributed by atoms with Gasteiger partial charge in [-0.25, -0.2) is 0 Å². The van der Waals surface area contributed by atoms with E-state index in [9.17, 15) is 4.79 Å². The fourth-order valence-corrected chi connectivity index (χ4v) is 3.12. The number of nitrogens with one attached hydrogen (secondary N) is 1. The Morgan fingerprint density at radius 1 is 1.24 bits per heavy atom. The lowest BCUT2D eigenvalue weighted by molar-refractivity contribution is 0.102. The molecule has 1 amide bonds. The number of aryl methyl sites for hydroxylation is 1. The van der Waals surface area contributed by atoms with Crippen molar-refractivity contribution in [3.05, 3.63) is 28.8 Å². The maximum Gasteiger partial charge on any atom is 0.257 e. The van der Waals surface area contributed by atoms with Crippen LogP contribution in [0.5, 0.6) is 0 Å². The normalized spacial score (nSPS) is 10.9. The topological polar surface area (TPSA) is 80.7 Å². The van der Waals surface area contributed by atoms with E-state index >= 15 is 0 Å². The number of hydrogen-bond donors (Lipinski definition) is 1. The molecule has 2 heterocycles. The number of nitrogens with zero attached hydrogens (tertiary/aromatic N) is 4. The van der Waals surface area contributed by atoms with Gasteiger partial charge in [0.2, 0.25) is 5.13 Å². The fourth-order valence-electron chi connectivity index (χ4n) is 1.83. The Labute approximate surface area is 129 Å². The Morgan fingerprint density at radius 3 is 2.95 bits per heavy atom. The molecule has 0 aliphatic heterocycles. The van der Waals surface area contributed by atoms with Crippen LogP contribution in [0.15, 0.2) is 18.2 Å². The number of hydrogen-bond acceptors (Lipinski definition) is 7. The summed E-state index contributed by atoms with van der Waals surface area (Å²) in [5.74, 6) is -0.205. The van der Waals surface area contributed by atoms with Crippen molar-refractivity contribution in [3.63, 3.8) is 0 Å². The molecule has 3 rings (SSSR count). The van der Waals surface area contributed by atoms with E-state index < -0.39 is 0 Å². The summed E-state index contributed by atoms with van der Waals surface area (Å²) in [5.41, 5.74) is 2.07. The van der Waals surface area contributed by atoms with E-state index in [1.54, 1.807) is 18.2 Å². The van der Waals surface area contributed by atoms with Gasteiger partial charge in [-0.15, -0.1) is 10.2 Å². The number of fused-ring (bicyclic) bond motifs is 1. The zero-order valence-corrected chi connectivity index (χ0v) is 13.0. The standard InChI is InChI=1S/C13H13N5OS2/c1-2-3-4-11-15-16-13(20-11)14-12(19)8-5-6-9-10(7-8)18-21-17-9/h5-7H,2-4H2,1H3,(H,14,16,19). The lowest BCUT2D eigenvalue weighted by Crippen LogP contribution is -2.11. The third-order valence-electron chi connectivity index (χ3n) is 2.95. The monoisotopic (exact) mass is 319 g/mol. The van der Waals surface area contributed by atoms with Gasteiger partial charge < -0.3 is 0 Å². The molecule has 3 aromatic rings. The summed E-state index contributed by atoms with van der Waals surface area (Å²) in [5, 5.41) is 12.3. The lowest BCUT2D eigenvalue weighted by atomic mass is 10.2. The summed E-state index contributed by atoms with van der Waals surface area (Å²) in [6, 6.07) is 5.26. The third kappa shape index (κ3) is 3.22. The molecule has 1 N–H and O–H groups in total. The number of amides is 1. The molecular formula is C13H13N5OS2. The summed E-state index contributed by atoms with van der Waals surface area (Å²) >= 11 is 2.56. The Morgan fingerprint density at radius 2 is 2.10 bits per heavy atom. The molecule has 108 valence electrons. The van der Waals surface area contributed by atoms with Gasteiger partial charge in [-0.2, -0.15) is 8.75 Å². The van der Waals surface area contributed by atoms with Crippen molar-refractivity contribution in [2.45, 2.75) is 26.2 Å². The van der Waals surface area contributed by atoms with Crippen molar-refractivity contribution in [1.29, 1.82) is 0 Å². The average molecular weight is 319 g/mol. The van der Waals surface area contributed by atoms with Crippen LogP contribution in [0.1, 0.15) is 35.1 Å². The first-order valence-electron chi connectivity index (χ1n) is 6.62. The highest BCUT2D eigenvalue weighted by atomic mass is 32.1. The highest BCUT2D eigenvalue weighted by Gasteiger charge is 2.11. The first kappa shape index (κ1) is 14.0. The van der Waals surface area contributed by atoms with E-state index in [0.29, 0.717) is 10.7 Å². The fraction of sp³-hybridized carbons (Fsp3) is 0.308. The van der Waals surface area contributed by atoms with Crippen molar-refractivity contribution in [2.24, 2.45) is 0 Å². The van der Waals surface area contributed by atoms with Crippen LogP contribution in [0, 0.1) is 0 Å². The highest BCUT2D eigenvalue weighted by molar-refractivity contribution is 7.15. The molecule has 0 fully saturated rings. The minimum Gasteiger partial charge on any atom is -0.296 e. The number of anilines is 1. The van der Waals surface area contributed by atoms with Gasteiger partial charge in [0.25, 0.3) is 5.91 Å². The van der Waals surface area contributed by atoms with Crippen LogP contribution in [0.2, 0.25) is 0 Å². The summed E-state index contributed by atoms with van der Waals surface area (Å²) in [7, 11) is 0. The Bertz CT molecular complexity index is 767. The lowest BCUT2D eigenvalue weighted by Gasteiger charge is -2.00. The van der Waals surface area contributed by atoms with E-state index in [1.807, 2.05) is 0 Å². The summed E-state index contributed by atoms with van der Waals surface area (Å²) in [4.78, 5) is 12.2. The van der Waals surface area contributed by atoms with Crippen molar-refractivity contribution < 1.29 is 4.79 Å². The maximum absolute atomic E-state index is 12.2. The zero-order chi connectivity index (χ0) is 14.7. The van der Waals surface area contributed by atoms with Crippen LogP contribution >= 0.6 is 23.1 Å². The smallest absolute Gasteiger partial charge is 0.257 e. The van der Waals surface area contributed by atoms with E-state index in [-0.39, 0.29) is 5.91 Å². The third-order valence-corrected chi connectivity index (χ3v) is 4.40. The Balaban J connectivity index is 1.71. The predicted octanol–water partition coefficient (Wildman–Crippen LogP) is 3.14. The molecule has 0 aliphatic rings. The molecule has 0 saturated heterocycles. The van der Waals surface area contributed by atoms with Crippen LogP contribution in [0.4, 0.5) is 5.13 Å². The molecule has 6 nitrogen and oxygen atoms in total. The molecule has 8 heteroatoms. The summed E-state index contributed by atoms with van der Waals surface area (Å²) in [6.07, 6.45) is 3.10. The molecule has 0 radical (unpaired) electrons. The van der Waals surface area contributed by atoms with Crippen LogP contribution in [-0.4, -0.2) is 24.9 Å². The van der Waals surface area contributed by atoms with Gasteiger partial charge >= 0.3 is 0 Å². The maximum atomic E-state index is 12.2. The minimum absolute atomic E-state index is 0.205. The number of carbonyl (C=O) groups excluding carboxylic acids is 1. The van der Waals surface area contributed by atoms with Crippen molar-refractivity contribution >= 4 is 45.1 Å². The van der Waals surface area contributed by atoms with Gasteiger partial charge in [-0.3, -0.25) is 10.1 Å². The predicted molar refractivity (Wildman–Crippen MR) is 83.9 cm³/mol. The van der Waals surface area contributed by atoms with Gasteiger partial charge in [-0.05, 0) is 24.6 Å². The van der Waals surface area contributed by atoms with E-state index in [2.05, 4.69) is 31.2 Å². The van der Waals surface area contributed by atoms with Gasteiger partial charge in [0, 0.05) is 12.0 Å². The van der Waals surface area contributed by atoms with Crippen LogP contribution < -0.4 is 5.32 Å². The summed E-state index contributed by atoms with van der Waals surface area (Å²) in [6.45, 7) is 2.13. The molecule has 21 heavy (non-hydrogen) atoms. The molecule has 2 aromatic heterocycles. The molecule has 0 aliphatic carbocycles. The molecule has 0 unspecified atom stereocenters. The molecule has 1 aromatic carbocycles. The quantitative estimate of drug-likeness (QED) is 0.781. The van der Waals surface area contributed by atoms with E-state index in [1.165, 1.54) is 11.3 Å². The molecule has 0 atom stereocenters. The second-order valence-electron chi connectivity index (χ2n) is 4.53. The second kappa shape index (κ2) is 6.23. The van der Waals surface area contributed by atoms with Crippen LogP contribution in [0.25, 0.3) is 11.0 Å². The second-order valence-corrected chi connectivity index (χ2v) is 6.12. The summed E-state index contributed by atoms with van der Waals surface area (Å²) < 4.78 is 8.25. The Hall–Kier alpha value is -1.93. The first-order valence-corrected chi connectivity index (χ1v) is 8.17. The molecule has 0 spiro atoms. The molecule has 0 bridgehead atoms. The zero-order valence-electron chi connectivity index (χ0n) is 11.4. The number of benzene rings is 1. The SMILES string of the molecule is CCCCc1nnc(NC(=O)c2ccc3nsnc3c2)s1. The molecule has 0 saturated carbocycles. The largest absolute Gasteiger partial charge is 0.296 e. The van der Waals surface area contributed by atoms with E-state index in [0.717, 1.165) is 47.0 Å². The van der Waals surface area contributed by atoms with Crippen molar-refractivity contribution in [2.75, 3.05) is 5.32 Å². The Kier molecular flexibility index (Phi) is 4.16. The molecular weight excluding hydrogens is 306 g/mol. The van der Waals surface area contributed by atoms with Gasteiger partial charge in [0.15, 0.2) is 0 Å². The highest BCUT2D eigenvalue weighted by Crippen LogP contribution is 2.19. The van der Waals surface area contributed by atoms with Gasteiger partial charge in [0.1, 0.15) is 16.0 Å². The number of aromatic nitrogens is 4.